The molecule has 0 N–H and O–H groups in total. The molecule has 0 heteroatoms. The van der Waals surface area contributed by atoms with Crippen LogP contribution in [0.1, 0.15) is 26.7 Å². The summed E-state index contributed by atoms with van der Waals surface area (Å²) in [6, 6.07) is 0. The second-order valence-electron chi connectivity index (χ2n) is 3.31. The van der Waals surface area contributed by atoms with E-state index in [4.69, 9.17) is 0 Å². The Bertz CT molecular complexity index is 90.6. The molecule has 0 radical (unpaired) electrons. The van der Waals surface area contributed by atoms with E-state index in [2.05, 4.69) is 13.8 Å². The fourth-order valence-electron chi connectivity index (χ4n) is 2.00. The zero-order valence-electron chi connectivity index (χ0n) is 5.07. The van der Waals surface area contributed by atoms with Crippen molar-refractivity contribution in [3.63, 3.8) is 0 Å². The lowest BCUT2D eigenvalue weighted by atomic mass is 10.3. The van der Waals surface area contributed by atoms with Crippen LogP contribution in [-0.4, -0.2) is 0 Å². The first-order valence-corrected chi connectivity index (χ1v) is 3.27. The number of rotatable bonds is 0. The van der Waals surface area contributed by atoms with Crippen molar-refractivity contribution in [3.05, 3.63) is 0 Å². The highest BCUT2D eigenvalue weighted by atomic mass is 14.7. The van der Waals surface area contributed by atoms with E-state index < -0.39 is 0 Å². The molecular weight excluding hydrogens is 84.1 g/mol. The maximum Gasteiger partial charge on any atom is -0.0240 e. The summed E-state index contributed by atoms with van der Waals surface area (Å²) in [6.07, 6.45) is 3.07. The van der Waals surface area contributed by atoms with Gasteiger partial charge in [-0.2, -0.15) is 0 Å². The molecule has 2 fully saturated rings. The van der Waals surface area contributed by atoms with Gasteiger partial charge in [0.05, 0.1) is 0 Å². The molecule has 2 atom stereocenters. The van der Waals surface area contributed by atoms with Crippen molar-refractivity contribution in [3.8, 4) is 0 Å². The second-order valence-corrected chi connectivity index (χ2v) is 3.31. The molecule has 2 aliphatic rings. The van der Waals surface area contributed by atoms with Crippen molar-refractivity contribution in [2.24, 2.45) is 17.3 Å². The van der Waals surface area contributed by atoms with Crippen molar-refractivity contribution in [2.75, 3.05) is 0 Å². The van der Waals surface area contributed by atoms with Crippen molar-refractivity contribution >= 4 is 0 Å². The molecule has 0 heterocycles. The fourth-order valence-corrected chi connectivity index (χ4v) is 2.00. The van der Waals surface area contributed by atoms with Crippen molar-refractivity contribution in [1.29, 1.82) is 0 Å². The van der Waals surface area contributed by atoms with Crippen LogP contribution in [0.15, 0.2) is 0 Å². The summed E-state index contributed by atoms with van der Waals surface area (Å²) in [6.45, 7) is 4.77. The van der Waals surface area contributed by atoms with Crippen LogP contribution < -0.4 is 0 Å². The highest BCUT2D eigenvalue weighted by Gasteiger charge is 2.66. The minimum absolute atomic E-state index is 0.917. The lowest BCUT2D eigenvalue weighted by Crippen LogP contribution is -1.66. The molecule has 2 aliphatic carbocycles. The van der Waals surface area contributed by atoms with Gasteiger partial charge < -0.3 is 0 Å². The maximum atomic E-state index is 2.39. The van der Waals surface area contributed by atoms with Crippen LogP contribution >= 0.6 is 0 Å². The van der Waals surface area contributed by atoms with Crippen LogP contribution in [0, 0.1) is 17.3 Å². The van der Waals surface area contributed by atoms with E-state index in [-0.39, 0.29) is 0 Å². The molecule has 0 unspecified atom stereocenters. The summed E-state index contributed by atoms with van der Waals surface area (Å²) < 4.78 is 0. The van der Waals surface area contributed by atoms with E-state index in [0.717, 1.165) is 17.3 Å². The molecule has 40 valence electrons. The molecule has 0 nitrogen and oxygen atoms in total. The van der Waals surface area contributed by atoms with Gasteiger partial charge in [-0.3, -0.25) is 0 Å². The molecule has 0 aromatic rings. The summed E-state index contributed by atoms with van der Waals surface area (Å²) in [5.74, 6) is 2.15. The molecule has 2 saturated carbocycles. The van der Waals surface area contributed by atoms with E-state index >= 15 is 0 Å². The molecule has 0 aromatic heterocycles. The maximum absolute atomic E-state index is 2.39. The van der Waals surface area contributed by atoms with Gasteiger partial charge in [0.2, 0.25) is 0 Å². The number of hydrogen-bond acceptors (Lipinski definition) is 0. The summed E-state index contributed by atoms with van der Waals surface area (Å²) in [7, 11) is 0. The van der Waals surface area contributed by atoms with Gasteiger partial charge >= 0.3 is 0 Å². The SMILES string of the molecule is C[C@@H]1[C@H](C)C12CC2. The summed E-state index contributed by atoms with van der Waals surface area (Å²) >= 11 is 0. The third kappa shape index (κ3) is 0.266. The topological polar surface area (TPSA) is 0 Å². The van der Waals surface area contributed by atoms with Crippen molar-refractivity contribution in [2.45, 2.75) is 26.7 Å². The van der Waals surface area contributed by atoms with Gasteiger partial charge in [0.1, 0.15) is 0 Å². The van der Waals surface area contributed by atoms with Crippen LogP contribution in [0.25, 0.3) is 0 Å². The average Bonchev–Trinajstić information content (AvgIpc) is 2.47. The quantitative estimate of drug-likeness (QED) is 0.433. The monoisotopic (exact) mass is 96.1 g/mol. The zero-order chi connectivity index (χ0) is 5.07. The largest absolute Gasteiger partial charge is 0.0617 e. The van der Waals surface area contributed by atoms with Crippen LogP contribution in [0.5, 0.6) is 0 Å². The van der Waals surface area contributed by atoms with E-state index in [1.807, 2.05) is 0 Å². The average molecular weight is 96.2 g/mol. The Morgan fingerprint density at radius 3 is 1.57 bits per heavy atom. The van der Waals surface area contributed by atoms with Crippen LogP contribution in [0.4, 0.5) is 0 Å². The van der Waals surface area contributed by atoms with Gasteiger partial charge in [-0.1, -0.05) is 13.8 Å². The van der Waals surface area contributed by atoms with Gasteiger partial charge in [-0.05, 0) is 30.1 Å². The molecule has 7 heavy (non-hydrogen) atoms. The summed E-state index contributed by atoms with van der Waals surface area (Å²) in [5, 5.41) is 0. The van der Waals surface area contributed by atoms with Crippen LogP contribution in [0.2, 0.25) is 0 Å². The minimum atomic E-state index is 0.917. The van der Waals surface area contributed by atoms with Gasteiger partial charge in [0.15, 0.2) is 0 Å². The first kappa shape index (κ1) is 3.94. The molecule has 0 saturated heterocycles. The Morgan fingerprint density at radius 1 is 1.14 bits per heavy atom. The minimum Gasteiger partial charge on any atom is -0.0617 e. The van der Waals surface area contributed by atoms with E-state index in [0.29, 0.717) is 0 Å². The highest BCUT2D eigenvalue weighted by molar-refractivity contribution is 5.15. The van der Waals surface area contributed by atoms with Crippen molar-refractivity contribution in [1.82, 2.24) is 0 Å². The Kier molecular flexibility index (Phi) is 0.430. The Labute approximate surface area is 44.9 Å². The molecular formula is C7H12. The van der Waals surface area contributed by atoms with Gasteiger partial charge in [0, 0.05) is 0 Å². The van der Waals surface area contributed by atoms with E-state index in [1.165, 1.54) is 12.8 Å². The first-order valence-electron chi connectivity index (χ1n) is 3.27. The molecule has 0 bridgehead atoms. The van der Waals surface area contributed by atoms with Crippen LogP contribution in [-0.2, 0) is 0 Å². The van der Waals surface area contributed by atoms with E-state index in [9.17, 15) is 0 Å². The summed E-state index contributed by atoms with van der Waals surface area (Å²) in [4.78, 5) is 0. The Balaban J connectivity index is 2.17. The predicted octanol–water partition coefficient (Wildman–Crippen LogP) is 2.05. The summed E-state index contributed by atoms with van der Waals surface area (Å²) in [5.41, 5.74) is 0.917. The van der Waals surface area contributed by atoms with Gasteiger partial charge in [0.25, 0.3) is 0 Å². The van der Waals surface area contributed by atoms with Gasteiger partial charge in [-0.15, -0.1) is 0 Å². The lowest BCUT2D eigenvalue weighted by Gasteiger charge is -1.73. The smallest absolute Gasteiger partial charge is 0.0240 e. The predicted molar refractivity (Wildman–Crippen MR) is 30.0 cm³/mol. The van der Waals surface area contributed by atoms with Crippen LogP contribution in [0.3, 0.4) is 0 Å². The Morgan fingerprint density at radius 2 is 1.57 bits per heavy atom. The molecule has 0 aromatic carbocycles. The standard InChI is InChI=1S/C7H12/c1-5-6(2)7(5)3-4-7/h5-6H,3-4H2,1-2H3/t5-,6+. The zero-order valence-corrected chi connectivity index (χ0v) is 5.07. The molecule has 1 spiro atoms. The van der Waals surface area contributed by atoms with E-state index in [1.54, 1.807) is 0 Å². The first-order chi connectivity index (χ1) is 3.27. The molecule has 2 rings (SSSR count). The highest BCUT2D eigenvalue weighted by Crippen LogP contribution is 2.74. The molecule has 0 aliphatic heterocycles. The second kappa shape index (κ2) is 0.765. The van der Waals surface area contributed by atoms with Gasteiger partial charge in [-0.25, -0.2) is 0 Å². The fraction of sp³-hybridized carbons (Fsp3) is 1.00. The van der Waals surface area contributed by atoms with Crippen molar-refractivity contribution < 1.29 is 0 Å². The number of hydrogen-bond donors (Lipinski definition) is 0. The third-order valence-corrected chi connectivity index (χ3v) is 3.28. The lowest BCUT2D eigenvalue weighted by molar-refractivity contribution is 0.756. The third-order valence-electron chi connectivity index (χ3n) is 3.28. The molecule has 0 amide bonds. The Hall–Kier alpha value is 0. The normalized spacial score (nSPS) is 52.3.